The van der Waals surface area contributed by atoms with Crippen molar-refractivity contribution in [3.63, 3.8) is 0 Å². The number of aryl methyl sites for hydroxylation is 1. The van der Waals surface area contributed by atoms with Gasteiger partial charge in [0.15, 0.2) is 0 Å². The topological polar surface area (TPSA) is 44.1 Å². The van der Waals surface area contributed by atoms with Crippen LogP contribution in [-0.4, -0.2) is 9.78 Å². The molecule has 3 rings (SSSR count). The number of alkyl halides is 3. The van der Waals surface area contributed by atoms with Crippen molar-refractivity contribution in [1.82, 2.24) is 9.78 Å². The van der Waals surface area contributed by atoms with Crippen LogP contribution in [0.2, 0.25) is 0 Å². The van der Waals surface area contributed by atoms with Crippen LogP contribution in [0.3, 0.4) is 0 Å². The molecule has 1 heterocycles. The molecule has 0 radical (unpaired) electrons. The van der Waals surface area contributed by atoms with Gasteiger partial charge in [-0.1, -0.05) is 24.3 Å². The molecule has 0 unspecified atom stereocenters. The van der Waals surface area contributed by atoms with E-state index in [1.165, 1.54) is 22.9 Å². The van der Waals surface area contributed by atoms with Crippen LogP contribution in [0.1, 0.15) is 11.1 Å². The molecule has 0 spiro atoms. The van der Waals surface area contributed by atoms with Gasteiger partial charge in [0.2, 0.25) is 0 Å². The summed E-state index contributed by atoms with van der Waals surface area (Å²) in [5.74, 6) is 0.144. The zero-order chi connectivity index (χ0) is 18.7. The van der Waals surface area contributed by atoms with Gasteiger partial charge in [0.25, 0.3) is 5.56 Å². The van der Waals surface area contributed by atoms with E-state index in [4.69, 9.17) is 4.74 Å². The predicted octanol–water partition coefficient (Wildman–Crippen LogP) is 4.05. The molecule has 0 aliphatic heterocycles. The highest BCUT2D eigenvalue weighted by Crippen LogP contribution is 2.31. The van der Waals surface area contributed by atoms with E-state index < -0.39 is 11.7 Å². The number of halogens is 3. The summed E-state index contributed by atoms with van der Waals surface area (Å²) in [7, 11) is 1.56. The van der Waals surface area contributed by atoms with Gasteiger partial charge in [-0.25, -0.2) is 4.68 Å². The Bertz CT molecular complexity index is 981. The average Bonchev–Trinajstić information content (AvgIpc) is 2.62. The second-order valence-electron chi connectivity index (χ2n) is 5.70. The van der Waals surface area contributed by atoms with Gasteiger partial charge in [0.05, 0.1) is 11.3 Å². The van der Waals surface area contributed by atoms with E-state index in [0.717, 1.165) is 23.3 Å². The minimum absolute atomic E-state index is 0.112. The summed E-state index contributed by atoms with van der Waals surface area (Å²) in [6, 6.07) is 15.1. The SMILES string of the molecule is Cn1nc(-c2cccc(COc3cccc(C(F)(F)F)c3)c2)ccc1=O. The van der Waals surface area contributed by atoms with Crippen LogP contribution in [0, 0.1) is 0 Å². The molecule has 1 aromatic heterocycles. The normalized spacial score (nSPS) is 11.4. The zero-order valence-electron chi connectivity index (χ0n) is 13.8. The molecule has 0 N–H and O–H groups in total. The fourth-order valence-corrected chi connectivity index (χ4v) is 2.41. The van der Waals surface area contributed by atoms with Crippen molar-refractivity contribution >= 4 is 0 Å². The van der Waals surface area contributed by atoms with Gasteiger partial charge in [-0.05, 0) is 35.9 Å². The van der Waals surface area contributed by atoms with Crippen LogP contribution in [-0.2, 0) is 19.8 Å². The monoisotopic (exact) mass is 360 g/mol. The lowest BCUT2D eigenvalue weighted by atomic mass is 10.1. The molecule has 134 valence electrons. The van der Waals surface area contributed by atoms with Crippen molar-refractivity contribution in [3.05, 3.63) is 82.1 Å². The average molecular weight is 360 g/mol. The van der Waals surface area contributed by atoms with Crippen LogP contribution in [0.4, 0.5) is 13.2 Å². The molecule has 0 saturated carbocycles. The molecule has 0 amide bonds. The van der Waals surface area contributed by atoms with E-state index in [1.807, 2.05) is 12.1 Å². The third-order valence-electron chi connectivity index (χ3n) is 3.75. The summed E-state index contributed by atoms with van der Waals surface area (Å²) >= 11 is 0. The second kappa shape index (κ2) is 7.03. The lowest BCUT2D eigenvalue weighted by Gasteiger charge is -2.11. The molecule has 0 saturated heterocycles. The molecule has 0 fully saturated rings. The highest BCUT2D eigenvalue weighted by Gasteiger charge is 2.30. The molecule has 3 aromatic rings. The number of benzene rings is 2. The highest BCUT2D eigenvalue weighted by atomic mass is 19.4. The highest BCUT2D eigenvalue weighted by molar-refractivity contribution is 5.59. The van der Waals surface area contributed by atoms with Crippen molar-refractivity contribution in [3.8, 4) is 17.0 Å². The fourth-order valence-electron chi connectivity index (χ4n) is 2.41. The first kappa shape index (κ1) is 17.7. The van der Waals surface area contributed by atoms with Crippen LogP contribution in [0.5, 0.6) is 5.75 Å². The van der Waals surface area contributed by atoms with Gasteiger partial charge < -0.3 is 4.74 Å². The molecule has 0 aliphatic rings. The van der Waals surface area contributed by atoms with E-state index >= 15 is 0 Å². The smallest absolute Gasteiger partial charge is 0.416 e. The van der Waals surface area contributed by atoms with Crippen molar-refractivity contribution in [2.75, 3.05) is 0 Å². The zero-order valence-corrected chi connectivity index (χ0v) is 13.8. The van der Waals surface area contributed by atoms with Gasteiger partial charge >= 0.3 is 6.18 Å². The lowest BCUT2D eigenvalue weighted by molar-refractivity contribution is -0.137. The predicted molar refractivity (Wildman–Crippen MR) is 90.7 cm³/mol. The summed E-state index contributed by atoms with van der Waals surface area (Å²) in [5.41, 5.74) is 1.21. The summed E-state index contributed by atoms with van der Waals surface area (Å²) in [6.07, 6.45) is -4.41. The first-order chi connectivity index (χ1) is 12.3. The van der Waals surface area contributed by atoms with Crippen molar-refractivity contribution in [1.29, 1.82) is 0 Å². The first-order valence-electron chi connectivity index (χ1n) is 7.77. The summed E-state index contributed by atoms with van der Waals surface area (Å²) in [4.78, 5) is 11.4. The minimum atomic E-state index is -4.41. The van der Waals surface area contributed by atoms with Crippen molar-refractivity contribution in [2.24, 2.45) is 7.05 Å². The van der Waals surface area contributed by atoms with E-state index in [9.17, 15) is 18.0 Å². The third-order valence-corrected chi connectivity index (χ3v) is 3.75. The molecule has 4 nitrogen and oxygen atoms in total. The number of aromatic nitrogens is 2. The molecule has 7 heteroatoms. The Labute approximate surface area is 147 Å². The largest absolute Gasteiger partial charge is 0.489 e. The number of ether oxygens (including phenoxy) is 1. The second-order valence-corrected chi connectivity index (χ2v) is 5.70. The molecular formula is C19H15F3N2O2. The van der Waals surface area contributed by atoms with Crippen LogP contribution in [0.15, 0.2) is 65.5 Å². The van der Waals surface area contributed by atoms with Crippen LogP contribution in [0.25, 0.3) is 11.3 Å². The number of nitrogens with zero attached hydrogens (tertiary/aromatic N) is 2. The maximum Gasteiger partial charge on any atom is 0.416 e. The lowest BCUT2D eigenvalue weighted by Crippen LogP contribution is -2.18. The number of hydrogen-bond donors (Lipinski definition) is 0. The van der Waals surface area contributed by atoms with Crippen molar-refractivity contribution < 1.29 is 17.9 Å². The maximum absolute atomic E-state index is 12.7. The molecular weight excluding hydrogens is 345 g/mol. The Morgan fingerprint density at radius 1 is 1.04 bits per heavy atom. The summed E-state index contributed by atoms with van der Waals surface area (Å²) in [6.45, 7) is 0.112. The number of hydrogen-bond acceptors (Lipinski definition) is 3. The van der Waals surface area contributed by atoms with Gasteiger partial charge in [0, 0.05) is 18.7 Å². The quantitative estimate of drug-likeness (QED) is 0.705. The van der Waals surface area contributed by atoms with E-state index in [-0.39, 0.29) is 17.9 Å². The Kier molecular flexibility index (Phi) is 4.79. The van der Waals surface area contributed by atoms with Crippen LogP contribution < -0.4 is 10.3 Å². The molecule has 0 bridgehead atoms. The Balaban J connectivity index is 1.77. The van der Waals surface area contributed by atoms with Gasteiger partial charge in [-0.2, -0.15) is 18.3 Å². The van der Waals surface area contributed by atoms with E-state index in [2.05, 4.69) is 5.10 Å². The summed E-state index contributed by atoms with van der Waals surface area (Å²) in [5, 5.41) is 4.18. The molecule has 26 heavy (non-hydrogen) atoms. The van der Waals surface area contributed by atoms with Gasteiger partial charge in [-0.3, -0.25) is 4.79 Å². The fraction of sp³-hybridized carbons (Fsp3) is 0.158. The van der Waals surface area contributed by atoms with Gasteiger partial charge in [-0.15, -0.1) is 0 Å². The standard InChI is InChI=1S/C19H15F3N2O2/c1-24-18(25)9-8-17(23-24)14-5-2-4-13(10-14)12-26-16-7-3-6-15(11-16)19(20,21)22/h2-11H,12H2,1H3. The Morgan fingerprint density at radius 2 is 1.81 bits per heavy atom. The van der Waals surface area contributed by atoms with Gasteiger partial charge in [0.1, 0.15) is 12.4 Å². The maximum atomic E-state index is 12.7. The van der Waals surface area contributed by atoms with E-state index in [1.54, 1.807) is 25.2 Å². The molecule has 2 aromatic carbocycles. The Hall–Kier alpha value is -3.09. The third kappa shape index (κ3) is 4.11. The summed E-state index contributed by atoms with van der Waals surface area (Å²) < 4.78 is 45.0. The van der Waals surface area contributed by atoms with E-state index in [0.29, 0.717) is 5.69 Å². The molecule has 0 atom stereocenters. The van der Waals surface area contributed by atoms with Crippen molar-refractivity contribution in [2.45, 2.75) is 12.8 Å². The first-order valence-corrected chi connectivity index (χ1v) is 7.77. The van der Waals surface area contributed by atoms with Crippen LogP contribution >= 0.6 is 0 Å². The minimum Gasteiger partial charge on any atom is -0.489 e. The number of rotatable bonds is 4. The Morgan fingerprint density at radius 3 is 2.54 bits per heavy atom. The molecule has 0 aliphatic carbocycles.